The Morgan fingerprint density at radius 3 is 1.94 bits per heavy atom. The average Bonchev–Trinajstić information content (AvgIpc) is 3.99. The van der Waals surface area contributed by atoms with E-state index in [1.165, 1.54) is 21.7 Å². The molecule has 7 rings (SSSR count). The molecule has 6 aromatic rings. The zero-order chi connectivity index (χ0) is 51.8. The van der Waals surface area contributed by atoms with Crippen LogP contribution in [0.5, 0.6) is 0 Å². The molecule has 1 aliphatic carbocycles. The van der Waals surface area contributed by atoms with Crippen LogP contribution in [0.3, 0.4) is 0 Å². The molecule has 0 aliphatic heterocycles. The molecule has 4 amide bonds. The van der Waals surface area contributed by atoms with Gasteiger partial charge in [0.2, 0.25) is 0 Å². The summed E-state index contributed by atoms with van der Waals surface area (Å²) in [7, 11) is 5.29. The molecule has 2 heterocycles. The van der Waals surface area contributed by atoms with E-state index in [-0.39, 0.29) is 43.5 Å². The van der Waals surface area contributed by atoms with Crippen molar-refractivity contribution in [1.82, 2.24) is 60.8 Å². The summed E-state index contributed by atoms with van der Waals surface area (Å²) >= 11 is 0. The first kappa shape index (κ1) is 54.5. The molecule has 0 saturated heterocycles. The lowest BCUT2D eigenvalue weighted by molar-refractivity contribution is -0.147. The molecule has 1 aliphatic rings. The number of halogens is 4. The van der Waals surface area contributed by atoms with E-state index in [1.54, 1.807) is 74.2 Å². The molecule has 386 valence electrons. The highest BCUT2D eigenvalue weighted by Crippen LogP contribution is 2.28. The van der Waals surface area contributed by atoms with Crippen molar-refractivity contribution in [1.29, 1.82) is 0 Å². The molecule has 2 aromatic heterocycles. The van der Waals surface area contributed by atoms with Crippen molar-refractivity contribution in [3.63, 3.8) is 0 Å². The second kappa shape index (κ2) is 26.0. The van der Waals surface area contributed by atoms with Crippen molar-refractivity contribution in [3.05, 3.63) is 120 Å². The number of aliphatic hydroxyl groups excluding tert-OH is 2. The summed E-state index contributed by atoms with van der Waals surface area (Å²) < 4.78 is 56.4. The number of nitrogens with one attached hydrogen (secondary N) is 4. The van der Waals surface area contributed by atoms with Crippen molar-refractivity contribution >= 4 is 23.4 Å². The number of alkyl halides is 3. The first-order valence-corrected chi connectivity index (χ1v) is 23.9. The van der Waals surface area contributed by atoms with E-state index >= 15 is 0 Å². The van der Waals surface area contributed by atoms with Crippen molar-refractivity contribution in [2.75, 3.05) is 43.9 Å². The smallest absolute Gasteiger partial charge is 0.390 e. The Labute approximate surface area is 416 Å². The number of rotatable bonds is 19. The first-order valence-electron chi connectivity index (χ1n) is 23.9. The number of anilines is 2. The second-order valence-corrected chi connectivity index (χ2v) is 18.2. The lowest BCUT2D eigenvalue weighted by Crippen LogP contribution is -2.49. The summed E-state index contributed by atoms with van der Waals surface area (Å²) in [5, 5.41) is 55.4. The number of tetrazole rings is 2. The number of carbonyl (C=O) groups excluding carboxylic acids is 2. The molecule has 0 spiro atoms. The maximum absolute atomic E-state index is 13.4. The van der Waals surface area contributed by atoms with E-state index in [0.29, 0.717) is 42.3 Å². The Bertz CT molecular complexity index is 2620. The van der Waals surface area contributed by atoms with Gasteiger partial charge in [0.1, 0.15) is 5.82 Å². The number of hydrogen-bond acceptors (Lipinski definition) is 12. The van der Waals surface area contributed by atoms with Crippen molar-refractivity contribution in [3.8, 4) is 22.8 Å². The Hall–Kier alpha value is -6.88. The molecule has 0 unspecified atom stereocenters. The first-order chi connectivity index (χ1) is 34.4. The van der Waals surface area contributed by atoms with Gasteiger partial charge in [0.05, 0.1) is 24.8 Å². The van der Waals surface area contributed by atoms with Gasteiger partial charge in [-0.15, -0.1) is 10.2 Å². The van der Waals surface area contributed by atoms with Crippen LogP contribution < -0.4 is 21.3 Å². The number of carbonyl (C=O) groups is 2. The fourth-order valence-corrected chi connectivity index (χ4v) is 8.61. The summed E-state index contributed by atoms with van der Waals surface area (Å²) in [6, 6.07) is 27.9. The standard InChI is InChI=1S/C27H33F4N7O.C23H31N7O3/c1-37-25(34-35-36-37)20-8-4-9-23(16-20)32-26(39)33-24-10-3-2-7-21(24)17-38(18-27(29,30)31)15-5-6-19-11-13-22(28)14-12-19;1-15(20(31)14-29(3)16(2)21(32)17-9-6-5-7-10-17)24-23(33)25-19-12-8-11-18(13-19)22-26-27-28-30(22)4/h4,8-9,11-14,16,21,24H,2-3,5-7,10,15,17-18H2,1H3,(H2,32,33,39);5-13,15-16,20-21,31-32H,14H2,1-4H3,(H2,24,25,33)/t21-,24+;15-,16+,20+,21-/m01/s1. The third-order valence-electron chi connectivity index (χ3n) is 12.7. The molecule has 4 aromatic carbocycles. The Morgan fingerprint density at radius 1 is 0.792 bits per heavy atom. The number of aliphatic hydroxyl groups is 2. The van der Waals surface area contributed by atoms with Crippen LogP contribution in [0.15, 0.2) is 103 Å². The van der Waals surface area contributed by atoms with Gasteiger partial charge in [0.15, 0.2) is 11.6 Å². The quantitative estimate of drug-likeness (QED) is 0.0453. The van der Waals surface area contributed by atoms with Gasteiger partial charge in [-0.3, -0.25) is 9.80 Å². The summed E-state index contributed by atoms with van der Waals surface area (Å²) in [5.74, 6) is 0.690. The van der Waals surface area contributed by atoms with Crippen LogP contribution in [0.4, 0.5) is 38.5 Å². The number of nitrogens with zero attached hydrogens (tertiary/aromatic N) is 10. The van der Waals surface area contributed by atoms with Crippen molar-refractivity contribution in [2.24, 2.45) is 20.0 Å². The summed E-state index contributed by atoms with van der Waals surface area (Å²) in [4.78, 5) is 28.6. The highest BCUT2D eigenvalue weighted by Gasteiger charge is 2.34. The van der Waals surface area contributed by atoms with Gasteiger partial charge in [0, 0.05) is 61.8 Å². The van der Waals surface area contributed by atoms with Gasteiger partial charge >= 0.3 is 18.2 Å². The predicted molar refractivity (Wildman–Crippen MR) is 265 cm³/mol. The monoisotopic (exact) mass is 1000 g/mol. The van der Waals surface area contributed by atoms with Crippen LogP contribution in [0.2, 0.25) is 0 Å². The van der Waals surface area contributed by atoms with Crippen LogP contribution in [-0.4, -0.2) is 136 Å². The lowest BCUT2D eigenvalue weighted by Gasteiger charge is -2.36. The third-order valence-corrected chi connectivity index (χ3v) is 12.7. The summed E-state index contributed by atoms with van der Waals surface area (Å²) in [5.41, 5.74) is 4.33. The van der Waals surface area contributed by atoms with E-state index in [2.05, 4.69) is 52.3 Å². The van der Waals surface area contributed by atoms with Crippen LogP contribution in [0.1, 0.15) is 63.2 Å². The average molecular weight is 1000 g/mol. The number of hydrogen-bond donors (Lipinski definition) is 6. The molecule has 22 heteroatoms. The van der Waals surface area contributed by atoms with Crippen LogP contribution in [-0.2, 0) is 20.5 Å². The minimum absolute atomic E-state index is 0.103. The Balaban J connectivity index is 0.000000239. The van der Waals surface area contributed by atoms with E-state index in [1.807, 2.05) is 61.3 Å². The molecule has 0 radical (unpaired) electrons. The fraction of sp³-hybridized carbons (Fsp3) is 0.440. The zero-order valence-corrected chi connectivity index (χ0v) is 41.0. The van der Waals surface area contributed by atoms with E-state index in [0.717, 1.165) is 41.5 Å². The number of aryl methyl sites for hydroxylation is 3. The number of aromatic nitrogens is 8. The number of likely N-dealkylation sites (N-methyl/N-ethyl adjacent to an activating group) is 1. The molecular formula is C50H64F4N14O4. The maximum Gasteiger partial charge on any atom is 0.401 e. The van der Waals surface area contributed by atoms with Gasteiger partial charge in [-0.25, -0.2) is 23.3 Å². The molecule has 1 saturated carbocycles. The SMILES string of the molecule is C[C@@H](NC(=O)Nc1cccc(-c2nnnn2C)c1)[C@@H](O)CN(C)[C@@H](C)[C@@H](O)c1ccccc1.Cn1nnnc1-c1cccc(NC(=O)N[C@@H]2CCCC[C@H]2CN(CCCc2ccc(F)cc2)CC(F)(F)F)c1. The lowest BCUT2D eigenvalue weighted by atomic mass is 9.84. The van der Waals surface area contributed by atoms with Gasteiger partial charge in [0.25, 0.3) is 0 Å². The van der Waals surface area contributed by atoms with Crippen LogP contribution >= 0.6 is 0 Å². The molecular weight excluding hydrogens is 937 g/mol. The maximum atomic E-state index is 13.4. The molecule has 18 nitrogen and oxygen atoms in total. The summed E-state index contributed by atoms with van der Waals surface area (Å²) in [6.07, 6.45) is -1.50. The highest BCUT2D eigenvalue weighted by atomic mass is 19.4. The van der Waals surface area contributed by atoms with E-state index < -0.39 is 43.0 Å². The summed E-state index contributed by atoms with van der Waals surface area (Å²) in [6.45, 7) is 3.40. The molecule has 1 fully saturated rings. The van der Waals surface area contributed by atoms with Crippen LogP contribution in [0.25, 0.3) is 22.8 Å². The van der Waals surface area contributed by atoms with E-state index in [9.17, 15) is 37.4 Å². The van der Waals surface area contributed by atoms with Crippen molar-refractivity contribution in [2.45, 2.75) is 88.9 Å². The Kier molecular flexibility index (Phi) is 19.7. The third kappa shape index (κ3) is 16.6. The number of urea groups is 2. The Morgan fingerprint density at radius 2 is 1.38 bits per heavy atom. The predicted octanol–water partition coefficient (Wildman–Crippen LogP) is 7.00. The zero-order valence-electron chi connectivity index (χ0n) is 41.0. The fourth-order valence-electron chi connectivity index (χ4n) is 8.61. The molecule has 72 heavy (non-hydrogen) atoms. The minimum Gasteiger partial charge on any atom is -0.390 e. The number of amides is 4. The largest absolute Gasteiger partial charge is 0.401 e. The van der Waals surface area contributed by atoms with Gasteiger partial charge in [-0.05, 0) is 127 Å². The topological polar surface area (TPSA) is 216 Å². The highest BCUT2D eigenvalue weighted by molar-refractivity contribution is 5.90. The van der Waals surface area contributed by atoms with Gasteiger partial charge < -0.3 is 31.5 Å². The molecule has 0 bridgehead atoms. The number of benzene rings is 4. The van der Waals surface area contributed by atoms with Crippen LogP contribution in [0, 0.1) is 11.7 Å². The normalized spacial score (nSPS) is 16.5. The molecule has 6 atom stereocenters. The van der Waals surface area contributed by atoms with Crippen molar-refractivity contribution < 1.29 is 37.4 Å². The second-order valence-electron chi connectivity index (χ2n) is 18.2. The van der Waals surface area contributed by atoms with Gasteiger partial charge in [-0.2, -0.15) is 13.2 Å². The molecule has 6 N–H and O–H groups in total. The minimum atomic E-state index is -4.33. The van der Waals surface area contributed by atoms with Gasteiger partial charge in [-0.1, -0.05) is 79.6 Å². The van der Waals surface area contributed by atoms with E-state index in [4.69, 9.17) is 0 Å².